The molecule has 0 bridgehead atoms. The van der Waals surface area contributed by atoms with Crippen molar-refractivity contribution in [2.24, 2.45) is 4.99 Å². The van der Waals surface area contributed by atoms with Gasteiger partial charge in [0.1, 0.15) is 5.25 Å². The van der Waals surface area contributed by atoms with E-state index in [0.717, 1.165) is 16.8 Å². The van der Waals surface area contributed by atoms with Gasteiger partial charge < -0.3 is 5.32 Å². The Kier molecular flexibility index (Phi) is 5.87. The lowest BCUT2D eigenvalue weighted by molar-refractivity contribution is -0.128. The second-order valence-corrected chi connectivity index (χ2v) is 8.05. The molecule has 1 saturated heterocycles. The fourth-order valence-electron chi connectivity index (χ4n) is 2.69. The second kappa shape index (κ2) is 8.15. The third kappa shape index (κ3) is 4.70. The summed E-state index contributed by atoms with van der Waals surface area (Å²) < 4.78 is 0. The minimum atomic E-state index is -0.527. The summed E-state index contributed by atoms with van der Waals surface area (Å²) >= 11 is 7.19. The van der Waals surface area contributed by atoms with Crippen molar-refractivity contribution in [1.82, 2.24) is 4.90 Å². The smallest absolute Gasteiger partial charge is 0.238 e. The minimum absolute atomic E-state index is 0.136. The number of nitrogens with zero attached hydrogens (tertiary/aromatic N) is 2. The molecule has 0 radical (unpaired) electrons. The highest BCUT2D eigenvalue weighted by atomic mass is 35.5. The summed E-state index contributed by atoms with van der Waals surface area (Å²) in [6.07, 6.45) is 0.136. The predicted octanol–water partition coefficient (Wildman–Crippen LogP) is 4.55. The van der Waals surface area contributed by atoms with Gasteiger partial charge in [-0.1, -0.05) is 41.1 Å². The fourth-order valence-corrected chi connectivity index (χ4v) is 3.88. The molecule has 7 heteroatoms. The van der Waals surface area contributed by atoms with Gasteiger partial charge in [-0.25, -0.2) is 4.99 Å². The number of hydrogen-bond acceptors (Lipinski definition) is 4. The van der Waals surface area contributed by atoms with E-state index >= 15 is 0 Å². The van der Waals surface area contributed by atoms with Gasteiger partial charge in [0, 0.05) is 24.2 Å². The molecule has 1 aliphatic rings. The maximum atomic E-state index is 12.7. The van der Waals surface area contributed by atoms with Gasteiger partial charge in [0.2, 0.25) is 11.8 Å². The van der Waals surface area contributed by atoms with Gasteiger partial charge in [-0.15, -0.1) is 0 Å². The van der Waals surface area contributed by atoms with E-state index in [1.54, 1.807) is 31.3 Å². The first-order chi connectivity index (χ1) is 12.8. The number of amides is 2. The Labute approximate surface area is 167 Å². The number of benzene rings is 2. The monoisotopic (exact) mass is 401 g/mol. The van der Waals surface area contributed by atoms with Crippen LogP contribution in [0.15, 0.2) is 47.5 Å². The minimum Gasteiger partial charge on any atom is -0.325 e. The number of carbonyl (C=O) groups is 2. The van der Waals surface area contributed by atoms with Gasteiger partial charge in [-0.05, 0) is 49.7 Å². The first kappa shape index (κ1) is 19.5. The van der Waals surface area contributed by atoms with Crippen molar-refractivity contribution in [3.8, 4) is 0 Å². The quantitative estimate of drug-likeness (QED) is 0.820. The Morgan fingerprint density at radius 3 is 2.59 bits per heavy atom. The maximum Gasteiger partial charge on any atom is 0.238 e. The summed E-state index contributed by atoms with van der Waals surface area (Å²) in [6.45, 7) is 3.95. The number of aliphatic imine (C=N–C) groups is 1. The number of carbonyl (C=O) groups excluding carboxylic acids is 2. The molecule has 27 heavy (non-hydrogen) atoms. The van der Waals surface area contributed by atoms with Crippen LogP contribution in [0, 0.1) is 13.8 Å². The van der Waals surface area contributed by atoms with Crippen LogP contribution in [-0.4, -0.2) is 34.2 Å². The van der Waals surface area contributed by atoms with Crippen LogP contribution in [0.4, 0.5) is 11.4 Å². The van der Waals surface area contributed by atoms with Gasteiger partial charge in [-0.2, -0.15) is 0 Å². The van der Waals surface area contributed by atoms with Gasteiger partial charge >= 0.3 is 0 Å². The molecule has 0 unspecified atom stereocenters. The van der Waals surface area contributed by atoms with Gasteiger partial charge in [0.15, 0.2) is 5.17 Å². The highest BCUT2D eigenvalue weighted by Crippen LogP contribution is 2.29. The lowest BCUT2D eigenvalue weighted by Gasteiger charge is -2.29. The Bertz CT molecular complexity index is 912. The topological polar surface area (TPSA) is 61.8 Å². The molecule has 3 rings (SSSR count). The van der Waals surface area contributed by atoms with E-state index in [4.69, 9.17) is 11.6 Å². The van der Waals surface area contributed by atoms with Crippen molar-refractivity contribution in [1.29, 1.82) is 0 Å². The normalized spacial score (nSPS) is 18.7. The fraction of sp³-hybridized carbons (Fsp3) is 0.250. The number of aryl methyl sites for hydroxylation is 2. The molecule has 140 valence electrons. The summed E-state index contributed by atoms with van der Waals surface area (Å²) in [4.78, 5) is 31.1. The first-order valence-corrected chi connectivity index (χ1v) is 9.75. The van der Waals surface area contributed by atoms with Gasteiger partial charge in [0.25, 0.3) is 0 Å². The van der Waals surface area contributed by atoms with Crippen LogP contribution < -0.4 is 5.32 Å². The summed E-state index contributed by atoms with van der Waals surface area (Å²) in [7, 11) is 1.67. The van der Waals surface area contributed by atoms with Crippen LogP contribution in [0.5, 0.6) is 0 Å². The van der Waals surface area contributed by atoms with E-state index in [9.17, 15) is 9.59 Å². The van der Waals surface area contributed by atoms with Gasteiger partial charge in [-0.3, -0.25) is 14.5 Å². The van der Waals surface area contributed by atoms with E-state index in [2.05, 4.69) is 10.3 Å². The molecule has 2 amide bonds. The number of anilines is 1. The summed E-state index contributed by atoms with van der Waals surface area (Å²) in [5, 5.41) is 3.51. The zero-order valence-electron chi connectivity index (χ0n) is 15.3. The summed E-state index contributed by atoms with van der Waals surface area (Å²) in [6, 6.07) is 12.9. The molecule has 1 N–H and O–H groups in total. The molecule has 1 fully saturated rings. The second-order valence-electron chi connectivity index (χ2n) is 6.44. The number of hydrogen-bond donors (Lipinski definition) is 1. The molecule has 0 spiro atoms. The predicted molar refractivity (Wildman–Crippen MR) is 112 cm³/mol. The highest BCUT2D eigenvalue weighted by molar-refractivity contribution is 8.15. The third-order valence-corrected chi connectivity index (χ3v) is 5.75. The van der Waals surface area contributed by atoms with E-state index in [1.165, 1.54) is 16.7 Å². The van der Waals surface area contributed by atoms with Crippen molar-refractivity contribution in [3.05, 3.63) is 58.6 Å². The number of rotatable bonds is 3. The Morgan fingerprint density at radius 1 is 1.22 bits per heavy atom. The summed E-state index contributed by atoms with van der Waals surface area (Å²) in [5.41, 5.74) is 3.56. The van der Waals surface area contributed by atoms with Crippen molar-refractivity contribution < 1.29 is 9.59 Å². The highest BCUT2D eigenvalue weighted by Gasteiger charge is 2.34. The molecule has 1 aliphatic heterocycles. The third-order valence-electron chi connectivity index (χ3n) is 4.25. The largest absolute Gasteiger partial charge is 0.325 e. The van der Waals surface area contributed by atoms with Crippen LogP contribution in [0.2, 0.25) is 5.02 Å². The molecular formula is C20H20ClN3O2S. The molecule has 5 nitrogen and oxygen atoms in total. The molecule has 1 atom stereocenters. The van der Waals surface area contributed by atoms with Crippen LogP contribution >= 0.6 is 23.4 Å². The number of amidine groups is 1. The van der Waals surface area contributed by atoms with E-state index in [0.29, 0.717) is 15.9 Å². The van der Waals surface area contributed by atoms with Crippen molar-refractivity contribution in [2.45, 2.75) is 25.5 Å². The van der Waals surface area contributed by atoms with Gasteiger partial charge in [0.05, 0.1) is 5.69 Å². The molecule has 1 heterocycles. The summed E-state index contributed by atoms with van der Waals surface area (Å²) in [5.74, 6) is -0.334. The van der Waals surface area contributed by atoms with Crippen molar-refractivity contribution >= 4 is 51.7 Å². The van der Waals surface area contributed by atoms with Crippen LogP contribution in [-0.2, 0) is 9.59 Å². The lowest BCUT2D eigenvalue weighted by atomic mass is 10.1. The van der Waals surface area contributed by atoms with Crippen LogP contribution in [0.1, 0.15) is 17.5 Å². The molecule has 0 aromatic heterocycles. The number of halogens is 1. The van der Waals surface area contributed by atoms with E-state index < -0.39 is 5.25 Å². The molecule has 2 aromatic carbocycles. The maximum absolute atomic E-state index is 12.7. The van der Waals surface area contributed by atoms with E-state index in [1.807, 2.05) is 32.0 Å². The standard InChI is InChI=1S/C20H20ClN3O2S/c1-12-4-9-16(13(2)10-12)23-19(26)17-11-18(25)24(3)20(27-17)22-15-7-5-14(21)6-8-15/h4-10,17H,11H2,1-3H3,(H,23,26)/t17-/m1/s1. The average molecular weight is 402 g/mol. The SMILES string of the molecule is Cc1ccc(NC(=O)[C@H]2CC(=O)N(C)C(=Nc3ccc(Cl)cc3)S2)c(C)c1. The molecule has 2 aromatic rings. The molecule has 0 saturated carbocycles. The Hall–Kier alpha value is -2.31. The van der Waals surface area contributed by atoms with E-state index in [-0.39, 0.29) is 18.2 Å². The van der Waals surface area contributed by atoms with Crippen molar-refractivity contribution in [2.75, 3.05) is 12.4 Å². The number of nitrogens with one attached hydrogen (secondary N) is 1. The zero-order valence-corrected chi connectivity index (χ0v) is 16.9. The Balaban J connectivity index is 1.78. The zero-order chi connectivity index (χ0) is 19.6. The lowest BCUT2D eigenvalue weighted by Crippen LogP contribution is -2.43. The molecular weight excluding hydrogens is 382 g/mol. The molecule has 0 aliphatic carbocycles. The number of thioether (sulfide) groups is 1. The average Bonchev–Trinajstić information content (AvgIpc) is 2.63. The van der Waals surface area contributed by atoms with Crippen LogP contribution in [0.25, 0.3) is 0 Å². The van der Waals surface area contributed by atoms with Crippen molar-refractivity contribution in [3.63, 3.8) is 0 Å². The van der Waals surface area contributed by atoms with Crippen LogP contribution in [0.3, 0.4) is 0 Å². The first-order valence-electron chi connectivity index (χ1n) is 8.49. The Morgan fingerprint density at radius 2 is 1.93 bits per heavy atom.